The highest BCUT2D eigenvalue weighted by Crippen LogP contribution is 2.39. The number of nitrogens with zero attached hydrogens (tertiary/aromatic N) is 3. The Bertz CT molecular complexity index is 1160. The Balaban J connectivity index is 1.61. The van der Waals surface area contributed by atoms with E-state index in [-0.39, 0.29) is 17.3 Å². The van der Waals surface area contributed by atoms with Crippen LogP contribution in [-0.4, -0.2) is 44.7 Å². The smallest absolute Gasteiger partial charge is 0.361 e. The van der Waals surface area contributed by atoms with Crippen molar-refractivity contribution in [1.82, 2.24) is 20.1 Å². The van der Waals surface area contributed by atoms with Crippen molar-refractivity contribution in [2.75, 3.05) is 0 Å². The number of nitrogens with one attached hydrogen (secondary N) is 1. The normalized spacial score (nSPS) is 18.7. The Labute approximate surface area is 170 Å². The fraction of sp³-hybridized carbons (Fsp3) is 0.316. The molecule has 0 spiro atoms. The van der Waals surface area contributed by atoms with Crippen LogP contribution in [0.25, 0.3) is 28.1 Å². The van der Waals surface area contributed by atoms with Crippen LogP contribution in [0.2, 0.25) is 0 Å². The monoisotopic (exact) mass is 444 g/mol. The summed E-state index contributed by atoms with van der Waals surface area (Å²) in [6, 6.07) is 5.19. The molecule has 3 heterocycles. The molecule has 0 aliphatic heterocycles. The Morgan fingerprint density at radius 2 is 1.90 bits per heavy atom. The minimum atomic E-state index is -4.90. The van der Waals surface area contributed by atoms with Crippen LogP contribution in [-0.2, 0) is 4.74 Å². The van der Waals surface area contributed by atoms with Crippen molar-refractivity contribution in [3.63, 3.8) is 0 Å². The van der Waals surface area contributed by atoms with Gasteiger partial charge >= 0.3 is 12.4 Å². The number of aromatic nitrogens is 4. The topological polar surface area (TPSA) is 76.8 Å². The molecular formula is C19H14F6N4O2. The number of halogens is 6. The molecule has 0 amide bonds. The molecule has 1 aliphatic rings. The summed E-state index contributed by atoms with van der Waals surface area (Å²) in [6.45, 7) is 0.658. The molecule has 31 heavy (non-hydrogen) atoms. The number of pyridine rings is 1. The Kier molecular flexibility index (Phi) is 5.12. The zero-order valence-electron chi connectivity index (χ0n) is 15.8. The van der Waals surface area contributed by atoms with Crippen LogP contribution in [0.1, 0.15) is 19.2 Å². The van der Waals surface area contributed by atoms with E-state index < -0.39 is 36.6 Å². The third kappa shape index (κ3) is 4.33. The summed E-state index contributed by atoms with van der Waals surface area (Å²) in [5.41, 5.74) is -0.418. The average molecular weight is 444 g/mol. The van der Waals surface area contributed by atoms with E-state index >= 15 is 0 Å². The molecule has 3 aromatic rings. The lowest BCUT2D eigenvalue weighted by Crippen LogP contribution is -2.37. The van der Waals surface area contributed by atoms with Gasteiger partial charge in [-0.1, -0.05) is 11.2 Å². The first-order valence-corrected chi connectivity index (χ1v) is 9.02. The number of hydrogen-bond donors (Lipinski definition) is 1. The standard InChI is InChI=1S/C19H14F6N4O2/c1-9(18(20,21)22)30-14-5-3-11(8-12(14)19(23,24)25)17-28-16(29-31-17)13-4-2-10-6-7-26-15(10)27-13/h2-4,6-9,14H,5H2,1H3,(H,26,27). The number of aromatic amines is 1. The molecule has 12 heteroatoms. The van der Waals surface area contributed by atoms with E-state index in [2.05, 4.69) is 24.8 Å². The summed E-state index contributed by atoms with van der Waals surface area (Å²) >= 11 is 0. The number of ether oxygens (including phenoxy) is 1. The van der Waals surface area contributed by atoms with Crippen LogP contribution in [0.4, 0.5) is 26.3 Å². The fourth-order valence-corrected chi connectivity index (χ4v) is 3.05. The van der Waals surface area contributed by atoms with E-state index in [4.69, 9.17) is 4.52 Å². The first-order chi connectivity index (χ1) is 14.5. The van der Waals surface area contributed by atoms with Gasteiger partial charge in [0, 0.05) is 17.2 Å². The van der Waals surface area contributed by atoms with Gasteiger partial charge in [-0.3, -0.25) is 0 Å². The van der Waals surface area contributed by atoms with E-state index in [9.17, 15) is 26.3 Å². The van der Waals surface area contributed by atoms with Crippen molar-refractivity contribution in [2.24, 2.45) is 0 Å². The predicted octanol–water partition coefficient (Wildman–Crippen LogP) is 5.22. The second kappa shape index (κ2) is 7.52. The molecule has 0 radical (unpaired) electrons. The molecular weight excluding hydrogens is 430 g/mol. The van der Waals surface area contributed by atoms with Crippen LogP contribution in [0.3, 0.4) is 0 Å². The van der Waals surface area contributed by atoms with Crippen molar-refractivity contribution >= 4 is 16.6 Å². The molecule has 0 aromatic carbocycles. The molecule has 1 N–H and O–H groups in total. The molecule has 164 valence electrons. The van der Waals surface area contributed by atoms with Crippen LogP contribution >= 0.6 is 0 Å². The highest BCUT2D eigenvalue weighted by Gasteiger charge is 2.45. The highest BCUT2D eigenvalue weighted by atomic mass is 19.4. The second-order valence-electron chi connectivity index (χ2n) is 6.84. The van der Waals surface area contributed by atoms with Crippen LogP contribution < -0.4 is 0 Å². The van der Waals surface area contributed by atoms with Gasteiger partial charge in [0.1, 0.15) is 11.3 Å². The Morgan fingerprint density at radius 3 is 2.61 bits per heavy atom. The van der Waals surface area contributed by atoms with Crippen molar-refractivity contribution in [3.8, 4) is 11.5 Å². The molecule has 3 aromatic heterocycles. The third-order valence-electron chi connectivity index (χ3n) is 4.68. The fourth-order valence-electron chi connectivity index (χ4n) is 3.05. The zero-order valence-corrected chi connectivity index (χ0v) is 15.8. The van der Waals surface area contributed by atoms with Crippen LogP contribution in [0.15, 0.2) is 46.6 Å². The van der Waals surface area contributed by atoms with Gasteiger partial charge in [0.25, 0.3) is 5.89 Å². The second-order valence-corrected chi connectivity index (χ2v) is 6.84. The molecule has 2 atom stereocenters. The van der Waals surface area contributed by atoms with Gasteiger partial charge in [-0.25, -0.2) is 4.98 Å². The van der Waals surface area contributed by atoms with Gasteiger partial charge in [-0.2, -0.15) is 31.3 Å². The molecule has 1 aliphatic carbocycles. The van der Waals surface area contributed by atoms with Gasteiger partial charge in [-0.15, -0.1) is 0 Å². The van der Waals surface area contributed by atoms with E-state index in [1.807, 2.05) is 6.07 Å². The summed E-state index contributed by atoms with van der Waals surface area (Å²) in [5.74, 6) is -0.161. The minimum absolute atomic E-state index is 0.0541. The molecule has 6 nitrogen and oxygen atoms in total. The Hall–Kier alpha value is -3.15. The maximum atomic E-state index is 13.5. The minimum Gasteiger partial charge on any atom is -0.361 e. The first-order valence-electron chi connectivity index (χ1n) is 9.02. The predicted molar refractivity (Wildman–Crippen MR) is 96.5 cm³/mol. The quantitative estimate of drug-likeness (QED) is 0.558. The lowest BCUT2D eigenvalue weighted by atomic mass is 9.95. The summed E-state index contributed by atoms with van der Waals surface area (Å²) in [7, 11) is 0. The molecule has 2 unspecified atom stereocenters. The van der Waals surface area contributed by atoms with Gasteiger partial charge < -0.3 is 14.2 Å². The van der Waals surface area contributed by atoms with E-state index in [0.717, 1.165) is 5.39 Å². The number of rotatable bonds is 4. The summed E-state index contributed by atoms with van der Waals surface area (Å²) in [4.78, 5) is 11.3. The maximum Gasteiger partial charge on any atom is 0.415 e. The van der Waals surface area contributed by atoms with Gasteiger partial charge in [0.05, 0.1) is 11.7 Å². The van der Waals surface area contributed by atoms with E-state index in [0.29, 0.717) is 24.3 Å². The number of fused-ring (bicyclic) bond motifs is 1. The highest BCUT2D eigenvalue weighted by molar-refractivity contribution is 5.78. The van der Waals surface area contributed by atoms with Gasteiger partial charge in [0.2, 0.25) is 5.82 Å². The number of H-pyrrole nitrogens is 1. The van der Waals surface area contributed by atoms with E-state index in [1.54, 1.807) is 18.3 Å². The lowest BCUT2D eigenvalue weighted by Gasteiger charge is -2.28. The van der Waals surface area contributed by atoms with Gasteiger partial charge in [-0.05, 0) is 37.6 Å². The van der Waals surface area contributed by atoms with Crippen LogP contribution in [0, 0.1) is 0 Å². The molecule has 0 fully saturated rings. The zero-order chi connectivity index (χ0) is 22.4. The SMILES string of the molecule is CC(OC1CC=C(c2nc(-c3ccc4cc[nH]c4n3)no2)C=C1C(F)(F)F)C(F)(F)F. The summed E-state index contributed by atoms with van der Waals surface area (Å²) in [5, 5.41) is 4.59. The van der Waals surface area contributed by atoms with Crippen molar-refractivity contribution in [3.05, 3.63) is 48.0 Å². The van der Waals surface area contributed by atoms with Crippen molar-refractivity contribution < 1.29 is 35.6 Å². The average Bonchev–Trinajstić information content (AvgIpc) is 3.35. The summed E-state index contributed by atoms with van der Waals surface area (Å²) < 4.78 is 88.3. The molecule has 0 saturated carbocycles. The van der Waals surface area contributed by atoms with Crippen molar-refractivity contribution in [2.45, 2.75) is 37.9 Å². The van der Waals surface area contributed by atoms with E-state index in [1.165, 1.54) is 6.08 Å². The first kappa shape index (κ1) is 21.1. The third-order valence-corrected chi connectivity index (χ3v) is 4.68. The summed E-state index contributed by atoms with van der Waals surface area (Å²) in [6.07, 6.45) is -10.7. The molecule has 0 saturated heterocycles. The van der Waals surface area contributed by atoms with Crippen molar-refractivity contribution in [1.29, 1.82) is 0 Å². The maximum absolute atomic E-state index is 13.5. The van der Waals surface area contributed by atoms with Crippen LogP contribution in [0.5, 0.6) is 0 Å². The lowest BCUT2D eigenvalue weighted by molar-refractivity contribution is -0.228. The number of hydrogen-bond acceptors (Lipinski definition) is 5. The number of alkyl halides is 6. The Morgan fingerprint density at radius 1 is 1.13 bits per heavy atom. The number of allylic oxidation sites excluding steroid dienone is 2. The molecule has 0 bridgehead atoms. The largest absolute Gasteiger partial charge is 0.415 e. The molecule has 4 rings (SSSR count). The van der Waals surface area contributed by atoms with Gasteiger partial charge in [0.15, 0.2) is 6.10 Å².